The third-order valence-electron chi connectivity index (χ3n) is 3.63. The highest BCUT2D eigenvalue weighted by Gasteiger charge is 2.14. The van der Waals surface area contributed by atoms with Crippen LogP contribution >= 0.6 is 11.6 Å². The molecular formula is C19H16ClNO4. The number of furan rings is 1. The minimum absolute atomic E-state index is 0.162. The first-order chi connectivity index (χ1) is 12.1. The van der Waals surface area contributed by atoms with Crippen molar-refractivity contribution in [3.05, 3.63) is 70.9 Å². The van der Waals surface area contributed by atoms with E-state index in [1.165, 1.54) is 7.11 Å². The van der Waals surface area contributed by atoms with Gasteiger partial charge in [-0.25, -0.2) is 0 Å². The number of rotatable bonds is 5. The molecule has 25 heavy (non-hydrogen) atoms. The van der Waals surface area contributed by atoms with Crippen LogP contribution < -0.4 is 10.1 Å². The van der Waals surface area contributed by atoms with Gasteiger partial charge in [-0.2, -0.15) is 0 Å². The summed E-state index contributed by atoms with van der Waals surface area (Å²) in [6.07, 6.45) is 0. The zero-order valence-electron chi connectivity index (χ0n) is 13.5. The van der Waals surface area contributed by atoms with Crippen molar-refractivity contribution in [2.75, 3.05) is 12.4 Å². The molecule has 128 valence electrons. The summed E-state index contributed by atoms with van der Waals surface area (Å²) in [5.41, 5.74) is 1.74. The average molecular weight is 358 g/mol. The Kier molecular flexibility index (Phi) is 5.07. The summed E-state index contributed by atoms with van der Waals surface area (Å²) in [5.74, 6) is 1.21. The summed E-state index contributed by atoms with van der Waals surface area (Å²) < 4.78 is 10.7. The molecule has 1 heterocycles. The number of amides is 1. The van der Waals surface area contributed by atoms with E-state index in [1.807, 2.05) is 6.07 Å². The second kappa shape index (κ2) is 7.42. The molecule has 0 unspecified atom stereocenters. The van der Waals surface area contributed by atoms with Gasteiger partial charge in [-0.05, 0) is 42.5 Å². The molecule has 3 rings (SSSR count). The molecule has 0 fully saturated rings. The van der Waals surface area contributed by atoms with Crippen molar-refractivity contribution in [3.63, 3.8) is 0 Å². The fourth-order valence-corrected chi connectivity index (χ4v) is 2.60. The lowest BCUT2D eigenvalue weighted by Gasteiger charge is -2.10. The van der Waals surface area contributed by atoms with E-state index in [-0.39, 0.29) is 12.5 Å². The number of benzene rings is 2. The summed E-state index contributed by atoms with van der Waals surface area (Å²) in [6.45, 7) is -0.162. The normalized spacial score (nSPS) is 10.5. The first kappa shape index (κ1) is 17.1. The topological polar surface area (TPSA) is 71.7 Å². The number of methoxy groups -OCH3 is 1. The van der Waals surface area contributed by atoms with Crippen LogP contribution in [0.4, 0.5) is 5.69 Å². The minimum atomic E-state index is -0.327. The van der Waals surface area contributed by atoms with E-state index in [0.717, 1.165) is 5.56 Å². The van der Waals surface area contributed by atoms with Crippen LogP contribution in [-0.2, 0) is 6.61 Å². The molecule has 2 aromatic carbocycles. The first-order valence-electron chi connectivity index (χ1n) is 7.55. The smallest absolute Gasteiger partial charge is 0.259 e. The van der Waals surface area contributed by atoms with E-state index in [2.05, 4.69) is 5.32 Å². The second-order valence-electron chi connectivity index (χ2n) is 5.30. The average Bonchev–Trinajstić information content (AvgIpc) is 3.11. The Labute approximate surface area is 149 Å². The predicted molar refractivity (Wildman–Crippen MR) is 96.0 cm³/mol. The third-order valence-corrected chi connectivity index (χ3v) is 3.86. The molecule has 0 aliphatic rings. The molecule has 0 radical (unpaired) electrons. The minimum Gasteiger partial charge on any atom is -0.496 e. The van der Waals surface area contributed by atoms with Crippen molar-refractivity contribution in [3.8, 4) is 17.1 Å². The van der Waals surface area contributed by atoms with Crippen molar-refractivity contribution in [1.29, 1.82) is 0 Å². The van der Waals surface area contributed by atoms with Gasteiger partial charge in [-0.3, -0.25) is 4.79 Å². The van der Waals surface area contributed by atoms with E-state index in [9.17, 15) is 4.79 Å². The van der Waals surface area contributed by atoms with E-state index >= 15 is 0 Å². The fourth-order valence-electron chi connectivity index (χ4n) is 2.42. The SMILES string of the molecule is COc1ccc(Cl)cc1C(=O)Nc1cccc(-c2ccc(CO)o2)c1. The van der Waals surface area contributed by atoms with Gasteiger partial charge in [0.2, 0.25) is 0 Å². The fraction of sp³-hybridized carbons (Fsp3) is 0.105. The molecule has 6 heteroatoms. The Morgan fingerprint density at radius 1 is 1.20 bits per heavy atom. The molecule has 2 N–H and O–H groups in total. The molecular weight excluding hydrogens is 342 g/mol. The predicted octanol–water partition coefficient (Wildman–Crippen LogP) is 4.35. The van der Waals surface area contributed by atoms with Crippen molar-refractivity contribution in [2.24, 2.45) is 0 Å². The first-order valence-corrected chi connectivity index (χ1v) is 7.93. The van der Waals surface area contributed by atoms with E-state index < -0.39 is 0 Å². The van der Waals surface area contributed by atoms with Crippen molar-refractivity contribution >= 4 is 23.2 Å². The Balaban J connectivity index is 1.85. The number of carbonyl (C=O) groups is 1. The lowest BCUT2D eigenvalue weighted by Crippen LogP contribution is -2.13. The van der Waals surface area contributed by atoms with Gasteiger partial charge in [0, 0.05) is 16.3 Å². The molecule has 5 nitrogen and oxygen atoms in total. The number of halogens is 1. The van der Waals surface area contributed by atoms with Gasteiger partial charge >= 0.3 is 0 Å². The molecule has 0 aliphatic carbocycles. The number of ether oxygens (including phenoxy) is 1. The van der Waals surface area contributed by atoms with Crippen LogP contribution in [0.5, 0.6) is 5.75 Å². The number of carbonyl (C=O) groups excluding carboxylic acids is 1. The quantitative estimate of drug-likeness (QED) is 0.712. The van der Waals surface area contributed by atoms with Gasteiger partial charge in [-0.1, -0.05) is 23.7 Å². The van der Waals surface area contributed by atoms with Crippen LogP contribution in [-0.4, -0.2) is 18.1 Å². The van der Waals surface area contributed by atoms with Crippen LogP contribution in [0.3, 0.4) is 0 Å². The van der Waals surface area contributed by atoms with Gasteiger partial charge in [0.05, 0.1) is 12.7 Å². The number of aliphatic hydroxyl groups excluding tert-OH is 1. The van der Waals surface area contributed by atoms with Crippen molar-refractivity contribution < 1.29 is 19.1 Å². The lowest BCUT2D eigenvalue weighted by atomic mass is 10.1. The zero-order valence-corrected chi connectivity index (χ0v) is 14.2. The second-order valence-corrected chi connectivity index (χ2v) is 5.74. The largest absolute Gasteiger partial charge is 0.496 e. The van der Waals surface area contributed by atoms with Crippen LogP contribution in [0.25, 0.3) is 11.3 Å². The summed E-state index contributed by atoms with van der Waals surface area (Å²) in [4.78, 5) is 12.5. The highest BCUT2D eigenvalue weighted by Crippen LogP contribution is 2.27. The molecule has 0 spiro atoms. The van der Waals surface area contributed by atoms with Crippen LogP contribution in [0.15, 0.2) is 59.0 Å². The molecule has 1 aromatic heterocycles. The van der Waals surface area contributed by atoms with E-state index in [4.69, 9.17) is 25.9 Å². The van der Waals surface area contributed by atoms with E-state index in [0.29, 0.717) is 33.5 Å². The molecule has 0 saturated heterocycles. The van der Waals surface area contributed by atoms with Gasteiger partial charge in [-0.15, -0.1) is 0 Å². The number of nitrogens with one attached hydrogen (secondary N) is 1. The third kappa shape index (κ3) is 3.84. The standard InChI is InChI=1S/C19H16ClNO4/c1-24-18-7-5-13(20)10-16(18)19(23)21-14-4-2-3-12(9-14)17-8-6-15(11-22)25-17/h2-10,22H,11H2,1H3,(H,21,23). The van der Waals surface area contributed by atoms with Crippen molar-refractivity contribution in [2.45, 2.75) is 6.61 Å². The number of hydrogen-bond acceptors (Lipinski definition) is 4. The molecule has 3 aromatic rings. The van der Waals surface area contributed by atoms with Crippen LogP contribution in [0.1, 0.15) is 16.1 Å². The summed E-state index contributed by atoms with van der Waals surface area (Å²) >= 11 is 5.97. The summed E-state index contributed by atoms with van der Waals surface area (Å²) in [5, 5.41) is 12.4. The Bertz CT molecular complexity index is 904. The highest BCUT2D eigenvalue weighted by atomic mass is 35.5. The van der Waals surface area contributed by atoms with Gasteiger partial charge in [0.25, 0.3) is 5.91 Å². The van der Waals surface area contributed by atoms with Crippen molar-refractivity contribution in [1.82, 2.24) is 0 Å². The maximum atomic E-state index is 12.5. The maximum absolute atomic E-state index is 12.5. The maximum Gasteiger partial charge on any atom is 0.259 e. The Morgan fingerprint density at radius 3 is 2.76 bits per heavy atom. The lowest BCUT2D eigenvalue weighted by molar-refractivity contribution is 0.102. The zero-order chi connectivity index (χ0) is 17.8. The monoisotopic (exact) mass is 357 g/mol. The molecule has 0 bridgehead atoms. The Hall–Kier alpha value is -2.76. The van der Waals surface area contributed by atoms with Crippen LogP contribution in [0.2, 0.25) is 5.02 Å². The van der Waals surface area contributed by atoms with Gasteiger partial charge in [0.1, 0.15) is 23.9 Å². The summed E-state index contributed by atoms with van der Waals surface area (Å²) in [6, 6.07) is 15.6. The van der Waals surface area contributed by atoms with Gasteiger partial charge < -0.3 is 19.6 Å². The molecule has 0 aliphatic heterocycles. The number of aliphatic hydroxyl groups is 1. The summed E-state index contributed by atoms with van der Waals surface area (Å²) in [7, 11) is 1.50. The van der Waals surface area contributed by atoms with Gasteiger partial charge in [0.15, 0.2) is 0 Å². The molecule has 0 atom stereocenters. The molecule has 0 saturated carbocycles. The van der Waals surface area contributed by atoms with E-state index in [1.54, 1.807) is 48.5 Å². The number of hydrogen-bond donors (Lipinski definition) is 2. The molecule has 1 amide bonds. The highest BCUT2D eigenvalue weighted by molar-refractivity contribution is 6.31. The number of anilines is 1. The Morgan fingerprint density at radius 2 is 2.04 bits per heavy atom. The van der Waals surface area contributed by atoms with Crippen LogP contribution in [0, 0.1) is 0 Å².